The lowest BCUT2D eigenvalue weighted by Crippen LogP contribution is -2.40. The van der Waals surface area contributed by atoms with Gasteiger partial charge in [0.2, 0.25) is 0 Å². The van der Waals surface area contributed by atoms with Gasteiger partial charge in [-0.15, -0.1) is 0 Å². The van der Waals surface area contributed by atoms with Gasteiger partial charge in [0.15, 0.2) is 0 Å². The van der Waals surface area contributed by atoms with E-state index < -0.39 is 23.4 Å². The molecule has 1 N–H and O–H groups in total. The van der Waals surface area contributed by atoms with Gasteiger partial charge < -0.3 is 9.84 Å². The van der Waals surface area contributed by atoms with Crippen LogP contribution in [0.25, 0.3) is 0 Å². The fourth-order valence-electron chi connectivity index (χ4n) is 1.67. The average Bonchev–Trinajstić information content (AvgIpc) is 2.26. The van der Waals surface area contributed by atoms with E-state index in [2.05, 4.69) is 0 Å². The molecule has 0 amide bonds. The molecular weight excluding hydrogens is 245 g/mol. The number of halogens is 3. The molecule has 1 rings (SSSR count). The van der Waals surface area contributed by atoms with E-state index in [4.69, 9.17) is 4.74 Å². The zero-order valence-electron chi connectivity index (χ0n) is 10.6. The smallest absolute Gasteiger partial charge is 0.387 e. The first-order valence-corrected chi connectivity index (χ1v) is 5.58. The lowest BCUT2D eigenvalue weighted by Gasteiger charge is -2.29. The third-order valence-electron chi connectivity index (χ3n) is 3.05. The molecule has 2 unspecified atom stereocenters. The minimum Gasteiger partial charge on any atom is -0.387 e. The van der Waals surface area contributed by atoms with Crippen LogP contribution in [0.15, 0.2) is 24.3 Å². The van der Waals surface area contributed by atoms with Gasteiger partial charge in [-0.25, -0.2) is 0 Å². The van der Waals surface area contributed by atoms with Crippen molar-refractivity contribution >= 4 is 0 Å². The standard InChI is InChI=1S/C13H17F3O2/c1-9(18-3)12(2,17)8-10-5-4-6-11(7-10)13(14,15)16/h4-7,9,17H,8H2,1-3H3. The number of benzene rings is 1. The Balaban J connectivity index is 2.92. The number of methoxy groups -OCH3 is 1. The van der Waals surface area contributed by atoms with Crippen LogP contribution in [0.4, 0.5) is 13.2 Å². The minimum absolute atomic E-state index is 0.103. The normalized spacial score (nSPS) is 17.3. The van der Waals surface area contributed by atoms with Crippen LogP contribution in [0.5, 0.6) is 0 Å². The van der Waals surface area contributed by atoms with Crippen molar-refractivity contribution in [3.63, 3.8) is 0 Å². The molecule has 0 saturated heterocycles. The van der Waals surface area contributed by atoms with E-state index in [0.717, 1.165) is 12.1 Å². The Kier molecular flexibility index (Phi) is 4.40. The molecule has 2 nitrogen and oxygen atoms in total. The Morgan fingerprint density at radius 3 is 2.44 bits per heavy atom. The molecule has 0 aliphatic carbocycles. The fourth-order valence-corrected chi connectivity index (χ4v) is 1.67. The summed E-state index contributed by atoms with van der Waals surface area (Å²) in [7, 11) is 1.45. The lowest BCUT2D eigenvalue weighted by molar-refractivity contribution is -0.137. The lowest BCUT2D eigenvalue weighted by atomic mass is 9.91. The second-order valence-electron chi connectivity index (χ2n) is 4.61. The van der Waals surface area contributed by atoms with E-state index in [1.165, 1.54) is 13.2 Å². The monoisotopic (exact) mass is 262 g/mol. The molecule has 0 fully saturated rings. The van der Waals surface area contributed by atoms with Gasteiger partial charge in [-0.05, 0) is 25.5 Å². The summed E-state index contributed by atoms with van der Waals surface area (Å²) in [6, 6.07) is 4.96. The molecular formula is C13H17F3O2. The van der Waals surface area contributed by atoms with Crippen molar-refractivity contribution in [3.05, 3.63) is 35.4 Å². The maximum absolute atomic E-state index is 12.5. The highest BCUT2D eigenvalue weighted by Gasteiger charge is 2.32. The molecule has 2 atom stereocenters. The molecule has 0 bridgehead atoms. The molecule has 0 radical (unpaired) electrons. The molecule has 0 heterocycles. The van der Waals surface area contributed by atoms with Crippen LogP contribution >= 0.6 is 0 Å². The van der Waals surface area contributed by atoms with Gasteiger partial charge >= 0.3 is 6.18 Å². The van der Waals surface area contributed by atoms with Crippen molar-refractivity contribution < 1.29 is 23.0 Å². The molecule has 0 aromatic heterocycles. The van der Waals surface area contributed by atoms with Gasteiger partial charge in [-0.1, -0.05) is 18.2 Å². The summed E-state index contributed by atoms with van der Waals surface area (Å²) in [5.74, 6) is 0. The Hall–Kier alpha value is -1.07. The highest BCUT2D eigenvalue weighted by molar-refractivity contribution is 5.26. The predicted molar refractivity (Wildman–Crippen MR) is 62.2 cm³/mol. The van der Waals surface area contributed by atoms with Crippen LogP contribution in [0.1, 0.15) is 25.0 Å². The highest BCUT2D eigenvalue weighted by atomic mass is 19.4. The molecule has 0 saturated carbocycles. The van der Waals surface area contributed by atoms with E-state index in [-0.39, 0.29) is 6.42 Å². The molecule has 5 heteroatoms. The molecule has 102 valence electrons. The summed E-state index contributed by atoms with van der Waals surface area (Å²) < 4.78 is 42.6. The largest absolute Gasteiger partial charge is 0.416 e. The van der Waals surface area contributed by atoms with Crippen molar-refractivity contribution in [2.75, 3.05) is 7.11 Å². The first kappa shape index (κ1) is 15.0. The van der Waals surface area contributed by atoms with Gasteiger partial charge in [-0.3, -0.25) is 0 Å². The van der Waals surface area contributed by atoms with Crippen LogP contribution in [0.2, 0.25) is 0 Å². The zero-order chi connectivity index (χ0) is 14.0. The van der Waals surface area contributed by atoms with Gasteiger partial charge in [-0.2, -0.15) is 13.2 Å². The van der Waals surface area contributed by atoms with E-state index in [0.29, 0.717) is 5.56 Å². The maximum atomic E-state index is 12.5. The Bertz CT molecular complexity index is 399. The highest BCUT2D eigenvalue weighted by Crippen LogP contribution is 2.30. The first-order chi connectivity index (χ1) is 8.16. The van der Waals surface area contributed by atoms with E-state index in [1.54, 1.807) is 19.9 Å². The molecule has 0 aliphatic rings. The number of aliphatic hydroxyl groups is 1. The molecule has 18 heavy (non-hydrogen) atoms. The Morgan fingerprint density at radius 2 is 1.94 bits per heavy atom. The zero-order valence-corrected chi connectivity index (χ0v) is 10.6. The van der Waals surface area contributed by atoms with Crippen LogP contribution in [0.3, 0.4) is 0 Å². The fraction of sp³-hybridized carbons (Fsp3) is 0.538. The number of rotatable bonds is 4. The maximum Gasteiger partial charge on any atom is 0.416 e. The first-order valence-electron chi connectivity index (χ1n) is 5.58. The third-order valence-corrected chi connectivity index (χ3v) is 3.05. The number of hydrogen-bond donors (Lipinski definition) is 1. The Labute approximate surface area is 104 Å². The summed E-state index contributed by atoms with van der Waals surface area (Å²) in [5, 5.41) is 10.1. The molecule has 1 aromatic rings. The van der Waals surface area contributed by atoms with Crippen molar-refractivity contribution in [3.8, 4) is 0 Å². The van der Waals surface area contributed by atoms with Crippen molar-refractivity contribution in [1.82, 2.24) is 0 Å². The summed E-state index contributed by atoms with van der Waals surface area (Å²) in [4.78, 5) is 0. The summed E-state index contributed by atoms with van der Waals surface area (Å²) in [6.45, 7) is 3.22. The second-order valence-corrected chi connectivity index (χ2v) is 4.61. The van der Waals surface area contributed by atoms with Crippen LogP contribution in [-0.4, -0.2) is 23.9 Å². The van der Waals surface area contributed by atoms with E-state index >= 15 is 0 Å². The molecule has 1 aromatic carbocycles. The van der Waals surface area contributed by atoms with Crippen molar-refractivity contribution in [1.29, 1.82) is 0 Å². The van der Waals surface area contributed by atoms with E-state index in [1.807, 2.05) is 0 Å². The van der Waals surface area contributed by atoms with Gasteiger partial charge in [0.05, 0.1) is 17.3 Å². The number of hydrogen-bond acceptors (Lipinski definition) is 2. The van der Waals surface area contributed by atoms with Crippen LogP contribution in [0, 0.1) is 0 Å². The minimum atomic E-state index is -4.37. The SMILES string of the molecule is COC(C)C(C)(O)Cc1cccc(C(F)(F)F)c1. The third kappa shape index (κ3) is 3.71. The number of ether oxygens (including phenoxy) is 1. The second kappa shape index (κ2) is 5.28. The van der Waals surface area contributed by atoms with Gasteiger partial charge in [0, 0.05) is 13.5 Å². The molecule has 0 spiro atoms. The van der Waals surface area contributed by atoms with Gasteiger partial charge in [0.25, 0.3) is 0 Å². The quantitative estimate of drug-likeness (QED) is 0.903. The van der Waals surface area contributed by atoms with Crippen LogP contribution in [-0.2, 0) is 17.3 Å². The summed E-state index contributed by atoms with van der Waals surface area (Å²) in [6.07, 6.45) is -4.73. The topological polar surface area (TPSA) is 29.5 Å². The Morgan fingerprint density at radius 1 is 1.33 bits per heavy atom. The van der Waals surface area contributed by atoms with Gasteiger partial charge in [0.1, 0.15) is 0 Å². The number of alkyl halides is 3. The van der Waals surface area contributed by atoms with E-state index in [9.17, 15) is 18.3 Å². The van der Waals surface area contributed by atoms with Crippen LogP contribution < -0.4 is 0 Å². The van der Waals surface area contributed by atoms with Crippen molar-refractivity contribution in [2.45, 2.75) is 38.1 Å². The molecule has 0 aliphatic heterocycles. The predicted octanol–water partition coefficient (Wildman–Crippen LogP) is 3.03. The average molecular weight is 262 g/mol. The summed E-state index contributed by atoms with van der Waals surface area (Å²) in [5.41, 5.74) is -1.49. The summed E-state index contributed by atoms with van der Waals surface area (Å²) >= 11 is 0. The van der Waals surface area contributed by atoms with Crippen molar-refractivity contribution in [2.24, 2.45) is 0 Å².